The average molecular weight is 1420 g/mol. The topological polar surface area (TPSA) is 102 Å². The van der Waals surface area contributed by atoms with Crippen molar-refractivity contribution in [1.29, 1.82) is 0 Å². The number of aliphatic hydroxyl groups is 1. The van der Waals surface area contributed by atoms with Gasteiger partial charge in [-0.25, -0.2) is 0 Å². The highest BCUT2D eigenvalue weighted by Gasteiger charge is 2.17. The quantitative estimate of drug-likeness (QED) is 0.0669. The van der Waals surface area contributed by atoms with Gasteiger partial charge in [0, 0.05) is 92.4 Å². The number of piperazine rings is 2. The van der Waals surface area contributed by atoms with Crippen molar-refractivity contribution in [2.75, 3.05) is 254 Å². The van der Waals surface area contributed by atoms with E-state index < -0.39 is 0 Å². The molecular formula is C83H187N11O5. The number of hydrogen-bond donors (Lipinski definition) is 2. The van der Waals surface area contributed by atoms with Crippen LogP contribution < -0.4 is 5.32 Å². The molecule has 2 atom stereocenters. The Morgan fingerprint density at radius 2 is 0.859 bits per heavy atom. The maximum atomic E-state index is 8.39. The number of methoxy groups -OCH3 is 2. The van der Waals surface area contributed by atoms with E-state index in [0.717, 1.165) is 70.1 Å². The van der Waals surface area contributed by atoms with E-state index in [1.807, 2.05) is 11.9 Å². The summed E-state index contributed by atoms with van der Waals surface area (Å²) in [5, 5.41) is 11.7. The molecule has 8 fully saturated rings. The Labute approximate surface area is 623 Å². The van der Waals surface area contributed by atoms with Crippen molar-refractivity contribution in [3.05, 3.63) is 0 Å². The Bertz CT molecular complexity index is 1390. The Hall–Kier alpha value is -0.640. The van der Waals surface area contributed by atoms with Crippen molar-refractivity contribution in [3.8, 4) is 0 Å². The molecule has 8 aliphatic rings. The number of aliphatic hydroxyl groups excluding tert-OH is 1. The molecule has 16 nitrogen and oxygen atoms in total. The molecule has 99 heavy (non-hydrogen) atoms. The number of nitrogens with zero attached hydrogens (tertiary/aromatic N) is 10. The maximum Gasteiger partial charge on any atom is 0.0954 e. The smallest absolute Gasteiger partial charge is 0.0954 e. The lowest BCUT2D eigenvalue weighted by Crippen LogP contribution is -2.44. The van der Waals surface area contributed by atoms with Crippen LogP contribution in [0.3, 0.4) is 0 Å². The fourth-order valence-corrected chi connectivity index (χ4v) is 12.2. The van der Waals surface area contributed by atoms with Crippen LogP contribution in [0.4, 0.5) is 0 Å². The molecule has 0 amide bonds. The summed E-state index contributed by atoms with van der Waals surface area (Å²) in [6.45, 7) is 60.4. The number of rotatable bonds is 25. The van der Waals surface area contributed by atoms with E-state index in [4.69, 9.17) is 24.1 Å². The molecule has 0 radical (unpaired) electrons. The van der Waals surface area contributed by atoms with Gasteiger partial charge in [-0.2, -0.15) is 0 Å². The van der Waals surface area contributed by atoms with Crippen LogP contribution in [0, 0.1) is 11.8 Å². The fraction of sp³-hybridized carbons (Fsp3) is 1.00. The summed E-state index contributed by atoms with van der Waals surface area (Å²) in [7, 11) is 18.3. The van der Waals surface area contributed by atoms with Crippen molar-refractivity contribution in [3.63, 3.8) is 0 Å². The first-order valence-electron chi connectivity index (χ1n) is 41.9. The zero-order chi connectivity index (χ0) is 73.9. The Balaban J connectivity index is -0.000000326. The van der Waals surface area contributed by atoms with Gasteiger partial charge >= 0.3 is 0 Å². The third-order valence-corrected chi connectivity index (χ3v) is 19.3. The van der Waals surface area contributed by atoms with E-state index in [-0.39, 0.29) is 14.2 Å². The minimum absolute atomic E-state index is 0. The summed E-state index contributed by atoms with van der Waals surface area (Å²) in [5.41, 5.74) is 0. The van der Waals surface area contributed by atoms with E-state index in [0.29, 0.717) is 12.7 Å². The molecule has 8 saturated heterocycles. The molecule has 604 valence electrons. The zero-order valence-electron chi connectivity index (χ0n) is 70.7. The third-order valence-electron chi connectivity index (χ3n) is 19.3. The van der Waals surface area contributed by atoms with Crippen molar-refractivity contribution >= 4 is 0 Å². The molecule has 2 N–H and O–H groups in total. The average Bonchev–Trinajstić information content (AvgIpc) is 2.38. The standard InChI is InChI=1S/C9H20N2.C9H19N.C8H18N2.2C8H17N.C7H15N.C6H13N.C6H15N.C6H14O2.C6H12O.C5H13NO.C4H10O.CH4/c1-3-4-5-11-8-6-10(2)7-9-11;1-2-3-7-10-8-5-4-6-9-10;1-3-4-10-7-5-9(2)6-8-10;1-3-8-6-4-5-7-9(8)2;1-2-6-9-7-4-3-5-8-9;1-7-3-5-8(2)6-4-7;1-6-2-4-7-5-3-6;1-4-5-6-7(2)3;1-3-4-8-6-5-7-2;1-2-6-4-3-5-7-6;1-3-4-6(2)5-7;1-3-4-5-2;/h3-9H2,1-2H3;2-9H2,1H3;3-8H2,1-2H3;8H,3-7H2,1-2H3;2-8H2,1H3;7H,3-6H2,1-2H3;6-7H,2-5H2,1H3;4-6H2,1-3H3;3-6H2,1-2H3;6H,2-5H2,1H3;7H,3-5H2,1-2H3;3-4H2,1-2H3;1H4. The van der Waals surface area contributed by atoms with Gasteiger partial charge in [-0.15, -0.1) is 0 Å². The molecule has 8 rings (SSSR count). The molecule has 0 aromatic heterocycles. The summed E-state index contributed by atoms with van der Waals surface area (Å²) < 4.78 is 19.9. The number of ether oxygens (including phenoxy) is 4. The fourth-order valence-electron chi connectivity index (χ4n) is 12.2. The largest absolute Gasteiger partial charge is 0.385 e. The second kappa shape index (κ2) is 84.6. The molecule has 0 spiro atoms. The van der Waals surface area contributed by atoms with Crippen LogP contribution in [0.15, 0.2) is 0 Å². The molecule has 2 unspecified atom stereocenters. The van der Waals surface area contributed by atoms with E-state index in [2.05, 4.69) is 175 Å². The van der Waals surface area contributed by atoms with Gasteiger partial charge in [0.15, 0.2) is 0 Å². The number of unbranched alkanes of at least 4 members (excludes halogenated alkanes) is 3. The molecule has 0 aromatic rings. The number of piperidine rings is 5. The molecule has 8 aliphatic heterocycles. The van der Waals surface area contributed by atoms with Crippen LogP contribution in [0.1, 0.15) is 270 Å². The Kier molecular flexibility index (Phi) is 91.4. The van der Waals surface area contributed by atoms with E-state index in [9.17, 15) is 0 Å². The highest BCUT2D eigenvalue weighted by Crippen LogP contribution is 2.18. The molecule has 0 aliphatic carbocycles. The van der Waals surface area contributed by atoms with Gasteiger partial charge in [0.05, 0.1) is 26.0 Å². The van der Waals surface area contributed by atoms with Crippen LogP contribution in [0.2, 0.25) is 0 Å². The van der Waals surface area contributed by atoms with Gasteiger partial charge in [0.1, 0.15) is 0 Å². The molecule has 16 heteroatoms. The van der Waals surface area contributed by atoms with Crippen molar-refractivity contribution < 1.29 is 24.1 Å². The first-order chi connectivity index (χ1) is 47.4. The third kappa shape index (κ3) is 79.8. The summed E-state index contributed by atoms with van der Waals surface area (Å²) >= 11 is 0. The van der Waals surface area contributed by atoms with Crippen LogP contribution in [-0.4, -0.2) is 320 Å². The molecule has 8 heterocycles. The number of likely N-dealkylation sites (N-methyl/N-ethyl adjacent to an activating group) is 2. The minimum atomic E-state index is 0. The predicted molar refractivity (Wildman–Crippen MR) is 441 cm³/mol. The lowest BCUT2D eigenvalue weighted by molar-refractivity contribution is 0.0710. The summed E-state index contributed by atoms with van der Waals surface area (Å²) in [6.07, 6.45) is 38.1. The minimum Gasteiger partial charge on any atom is -0.385 e. The first-order valence-corrected chi connectivity index (χ1v) is 41.9. The lowest BCUT2D eigenvalue weighted by atomic mass is 10.00. The van der Waals surface area contributed by atoms with Crippen LogP contribution in [-0.2, 0) is 18.9 Å². The van der Waals surface area contributed by atoms with Crippen LogP contribution in [0.25, 0.3) is 0 Å². The van der Waals surface area contributed by atoms with E-state index >= 15 is 0 Å². The van der Waals surface area contributed by atoms with Gasteiger partial charge < -0.3 is 73.5 Å². The first kappa shape index (κ1) is 107. The molecule has 0 bridgehead atoms. The van der Waals surface area contributed by atoms with Crippen LogP contribution >= 0.6 is 0 Å². The second-order valence-electron chi connectivity index (χ2n) is 29.8. The van der Waals surface area contributed by atoms with Gasteiger partial charge in [-0.1, -0.05) is 129 Å². The Morgan fingerprint density at radius 1 is 0.414 bits per heavy atom. The second-order valence-corrected chi connectivity index (χ2v) is 29.8. The van der Waals surface area contributed by atoms with Crippen LogP contribution in [0.5, 0.6) is 0 Å². The predicted octanol–water partition coefficient (Wildman–Crippen LogP) is 16.0. The molecule has 0 saturated carbocycles. The SMILES string of the molecule is C.CC1CCN(C)CC1.CC1CCNCC1.CCC1CCCCN1C.CCC1CCCO1.CCCCN(C)C.CCCCN1CCCCC1.CCCCN1CCN(C)CC1.CCCN(C)CO.CCCN1CCCCC1.CCCN1CCN(C)CC1.CCCOC.CCCOCCOC. The Morgan fingerprint density at radius 3 is 1.16 bits per heavy atom. The van der Waals surface area contributed by atoms with Crippen molar-refractivity contribution in [2.24, 2.45) is 11.8 Å². The van der Waals surface area contributed by atoms with Gasteiger partial charge in [0.2, 0.25) is 0 Å². The van der Waals surface area contributed by atoms with E-state index in [1.54, 1.807) is 14.2 Å². The number of hydrogen-bond acceptors (Lipinski definition) is 16. The normalized spacial score (nSPS) is 20.6. The maximum absolute atomic E-state index is 8.39. The van der Waals surface area contributed by atoms with Crippen molar-refractivity contribution in [1.82, 2.24) is 54.3 Å². The number of nitrogens with one attached hydrogen (secondary N) is 1. The van der Waals surface area contributed by atoms with Gasteiger partial charge in [-0.3, -0.25) is 4.90 Å². The highest BCUT2D eigenvalue weighted by molar-refractivity contribution is 4.73. The van der Waals surface area contributed by atoms with Gasteiger partial charge in [0.25, 0.3) is 0 Å². The molecular weight excluding hydrogens is 1230 g/mol. The lowest BCUT2D eigenvalue weighted by Gasteiger charge is -2.32. The monoisotopic (exact) mass is 1420 g/mol. The van der Waals surface area contributed by atoms with E-state index in [1.165, 1.54) is 305 Å². The van der Waals surface area contributed by atoms with Crippen molar-refractivity contribution in [2.45, 2.75) is 282 Å². The summed E-state index contributed by atoms with van der Waals surface area (Å²) in [6, 6.07) is 0.888. The summed E-state index contributed by atoms with van der Waals surface area (Å²) in [5.74, 6) is 1.95. The van der Waals surface area contributed by atoms with Gasteiger partial charge in [-0.05, 0) is 301 Å². The highest BCUT2D eigenvalue weighted by atomic mass is 16.5. The zero-order valence-corrected chi connectivity index (χ0v) is 70.7. The number of likely N-dealkylation sites (tertiary alicyclic amines) is 4. The summed E-state index contributed by atoms with van der Waals surface area (Å²) in [4.78, 5) is 24.1. The molecule has 0 aromatic carbocycles.